The van der Waals surface area contributed by atoms with E-state index >= 15 is 0 Å². The Morgan fingerprint density at radius 2 is 2.04 bits per heavy atom. The molecule has 3 rings (SSSR count). The minimum absolute atomic E-state index is 0.329. The first-order valence-electron chi connectivity index (χ1n) is 8.61. The van der Waals surface area contributed by atoms with E-state index in [2.05, 4.69) is 59.9 Å². The molecule has 0 saturated heterocycles. The van der Waals surface area contributed by atoms with Crippen LogP contribution >= 0.6 is 11.3 Å². The van der Waals surface area contributed by atoms with Crippen LogP contribution in [0.2, 0.25) is 0 Å². The summed E-state index contributed by atoms with van der Waals surface area (Å²) in [5, 5.41) is 5.59. The summed E-state index contributed by atoms with van der Waals surface area (Å²) < 4.78 is 1.18. The van der Waals surface area contributed by atoms with Gasteiger partial charge < -0.3 is 5.32 Å². The Kier molecular flexibility index (Phi) is 5.61. The van der Waals surface area contributed by atoms with E-state index in [1.165, 1.54) is 4.70 Å². The first-order chi connectivity index (χ1) is 12.2. The molecular weight excluding hydrogens is 326 g/mol. The van der Waals surface area contributed by atoms with Crippen LogP contribution in [0.15, 0.2) is 58.9 Å². The van der Waals surface area contributed by atoms with Gasteiger partial charge in [0.2, 0.25) is 0 Å². The number of aromatic nitrogens is 1. The second-order valence-electron chi connectivity index (χ2n) is 5.96. The van der Waals surface area contributed by atoms with E-state index in [1.807, 2.05) is 31.3 Å². The van der Waals surface area contributed by atoms with E-state index in [0.29, 0.717) is 6.04 Å². The number of anilines is 2. The van der Waals surface area contributed by atoms with Gasteiger partial charge in [0, 0.05) is 28.9 Å². The molecule has 0 radical (unpaired) electrons. The Morgan fingerprint density at radius 1 is 1.24 bits per heavy atom. The minimum Gasteiger partial charge on any atom is -0.353 e. The first-order valence-corrected chi connectivity index (χ1v) is 9.49. The number of hydrogen-bond donors (Lipinski definition) is 1. The fourth-order valence-electron chi connectivity index (χ4n) is 2.44. The van der Waals surface area contributed by atoms with Gasteiger partial charge >= 0.3 is 0 Å². The van der Waals surface area contributed by atoms with E-state index in [-0.39, 0.29) is 0 Å². The van der Waals surface area contributed by atoms with Gasteiger partial charge in [-0.15, -0.1) is 11.3 Å². The number of nitrogens with one attached hydrogen (secondary N) is 1. The lowest BCUT2D eigenvalue weighted by molar-refractivity contribution is 0.721. The lowest BCUT2D eigenvalue weighted by atomic mass is 10.1. The summed E-state index contributed by atoms with van der Waals surface area (Å²) in [5.74, 6) is 0. The Morgan fingerprint density at radius 3 is 2.76 bits per heavy atom. The van der Waals surface area contributed by atoms with Gasteiger partial charge in [0.05, 0.1) is 16.1 Å². The van der Waals surface area contributed by atoms with Crippen LogP contribution in [0.25, 0.3) is 15.8 Å². The zero-order valence-corrected chi connectivity index (χ0v) is 15.7. The van der Waals surface area contributed by atoms with Crippen molar-refractivity contribution in [3.8, 4) is 0 Å². The van der Waals surface area contributed by atoms with E-state index in [4.69, 9.17) is 4.98 Å². The van der Waals surface area contributed by atoms with E-state index in [1.54, 1.807) is 11.3 Å². The third-order valence-electron chi connectivity index (χ3n) is 4.14. The third-order valence-corrected chi connectivity index (χ3v) is 5.07. The Bertz CT molecular complexity index is 894. The topological polar surface area (TPSA) is 37.3 Å². The van der Waals surface area contributed by atoms with Gasteiger partial charge in [-0.1, -0.05) is 31.2 Å². The molecule has 3 aromatic rings. The number of fused-ring (bicyclic) bond motifs is 1. The summed E-state index contributed by atoms with van der Waals surface area (Å²) in [6, 6.07) is 14.7. The fourth-order valence-corrected chi connectivity index (χ4v) is 3.27. The number of allylic oxidation sites excluding steroid dienone is 2. The maximum Gasteiger partial charge on any atom is 0.105 e. The molecule has 25 heavy (non-hydrogen) atoms. The lowest BCUT2D eigenvalue weighted by Gasteiger charge is -2.06. The second-order valence-corrected chi connectivity index (χ2v) is 6.87. The summed E-state index contributed by atoms with van der Waals surface area (Å²) in [6.45, 7) is 6.30. The van der Waals surface area contributed by atoms with Crippen LogP contribution < -0.4 is 5.32 Å². The highest BCUT2D eigenvalue weighted by Gasteiger charge is 2.09. The Labute approximate surface area is 153 Å². The number of pyridine rings is 1. The van der Waals surface area contributed by atoms with Gasteiger partial charge in [0.15, 0.2) is 0 Å². The van der Waals surface area contributed by atoms with Crippen molar-refractivity contribution in [3.05, 3.63) is 59.6 Å². The standard InChI is InChI=1S/C21H23N3S/c1-4-15(3)22-13-16(5-2)18-11-12-20-21(24-18)19(14-25-20)23-17-9-7-6-8-10-17/h5-15,23H,4H2,1-3H3/b16-5+,22-13?. The molecule has 1 unspecified atom stereocenters. The molecule has 2 aromatic heterocycles. The molecule has 0 spiro atoms. The Hall–Kier alpha value is -2.46. The van der Waals surface area contributed by atoms with E-state index in [9.17, 15) is 0 Å². The summed E-state index contributed by atoms with van der Waals surface area (Å²) in [7, 11) is 0. The number of hydrogen-bond acceptors (Lipinski definition) is 4. The molecule has 2 heterocycles. The SMILES string of the molecule is C/C=C(\C=NC(C)CC)c1ccc2scc(Nc3ccccc3)c2n1. The maximum atomic E-state index is 4.89. The van der Waals surface area contributed by atoms with Crippen LogP contribution in [0.1, 0.15) is 32.9 Å². The average Bonchev–Trinajstić information content (AvgIpc) is 3.05. The highest BCUT2D eigenvalue weighted by Crippen LogP contribution is 2.32. The number of nitrogens with zero attached hydrogens (tertiary/aromatic N) is 2. The van der Waals surface area contributed by atoms with E-state index in [0.717, 1.165) is 34.6 Å². The van der Waals surface area contributed by atoms with Gasteiger partial charge in [-0.3, -0.25) is 4.99 Å². The highest BCUT2D eigenvalue weighted by molar-refractivity contribution is 7.17. The molecule has 0 aliphatic carbocycles. The van der Waals surface area contributed by atoms with Crippen molar-refractivity contribution >= 4 is 44.7 Å². The predicted octanol–water partition coefficient (Wildman–Crippen LogP) is 6.31. The first kappa shape index (κ1) is 17.4. The molecule has 0 aliphatic rings. The van der Waals surface area contributed by atoms with Crippen molar-refractivity contribution < 1.29 is 0 Å². The summed E-state index contributed by atoms with van der Waals surface area (Å²) >= 11 is 1.70. The van der Waals surface area contributed by atoms with Gasteiger partial charge in [-0.2, -0.15) is 0 Å². The summed E-state index contributed by atoms with van der Waals surface area (Å²) in [5.41, 5.74) is 5.12. The normalized spacial score (nSPS) is 13.5. The lowest BCUT2D eigenvalue weighted by Crippen LogP contribution is -1.98. The van der Waals surface area contributed by atoms with Crippen molar-refractivity contribution in [2.75, 3.05) is 5.32 Å². The smallest absolute Gasteiger partial charge is 0.105 e. The fraction of sp³-hybridized carbons (Fsp3) is 0.238. The predicted molar refractivity (Wildman–Crippen MR) is 111 cm³/mol. The van der Waals surface area contributed by atoms with Crippen molar-refractivity contribution in [1.29, 1.82) is 0 Å². The van der Waals surface area contributed by atoms with Gasteiger partial charge in [-0.25, -0.2) is 4.98 Å². The van der Waals surface area contributed by atoms with Gasteiger partial charge in [-0.05, 0) is 44.5 Å². The summed E-state index contributed by atoms with van der Waals surface area (Å²) in [4.78, 5) is 9.50. The number of rotatable bonds is 6. The average molecular weight is 350 g/mol. The number of benzene rings is 1. The summed E-state index contributed by atoms with van der Waals surface area (Å²) in [6.07, 6.45) is 5.05. The minimum atomic E-state index is 0.329. The van der Waals surface area contributed by atoms with Crippen molar-refractivity contribution in [1.82, 2.24) is 4.98 Å². The molecule has 0 bridgehead atoms. The number of para-hydroxylation sites is 1. The van der Waals surface area contributed by atoms with Crippen LogP contribution in [0.5, 0.6) is 0 Å². The van der Waals surface area contributed by atoms with Crippen molar-refractivity contribution in [2.45, 2.75) is 33.2 Å². The van der Waals surface area contributed by atoms with Gasteiger partial charge in [0.1, 0.15) is 5.52 Å². The zero-order valence-electron chi connectivity index (χ0n) is 14.9. The molecule has 1 aromatic carbocycles. The molecule has 0 fully saturated rings. The molecular formula is C21H23N3S. The molecule has 0 aliphatic heterocycles. The van der Waals surface area contributed by atoms with Crippen LogP contribution in [0.4, 0.5) is 11.4 Å². The maximum absolute atomic E-state index is 4.89. The molecule has 0 saturated carbocycles. The van der Waals surface area contributed by atoms with Gasteiger partial charge in [0.25, 0.3) is 0 Å². The largest absolute Gasteiger partial charge is 0.353 e. The number of thiophene rings is 1. The highest BCUT2D eigenvalue weighted by atomic mass is 32.1. The van der Waals surface area contributed by atoms with Crippen LogP contribution in [-0.4, -0.2) is 17.2 Å². The monoisotopic (exact) mass is 349 g/mol. The number of aliphatic imine (C=N–C) groups is 1. The molecule has 3 nitrogen and oxygen atoms in total. The van der Waals surface area contributed by atoms with Crippen LogP contribution in [0.3, 0.4) is 0 Å². The van der Waals surface area contributed by atoms with Crippen LogP contribution in [-0.2, 0) is 0 Å². The Balaban J connectivity index is 1.93. The van der Waals surface area contributed by atoms with Crippen molar-refractivity contribution in [2.24, 2.45) is 4.99 Å². The van der Waals surface area contributed by atoms with Crippen LogP contribution in [0, 0.1) is 0 Å². The zero-order chi connectivity index (χ0) is 17.6. The molecule has 128 valence electrons. The van der Waals surface area contributed by atoms with Crippen molar-refractivity contribution in [3.63, 3.8) is 0 Å². The third kappa shape index (κ3) is 4.15. The second kappa shape index (κ2) is 8.08. The molecule has 1 atom stereocenters. The van der Waals surface area contributed by atoms with E-state index < -0.39 is 0 Å². The quantitative estimate of drug-likeness (QED) is 0.529. The molecule has 4 heteroatoms. The molecule has 1 N–H and O–H groups in total. The molecule has 0 amide bonds.